The Morgan fingerprint density at radius 1 is 1.30 bits per heavy atom. The first-order valence-electron chi connectivity index (χ1n) is 3.15. The Hall–Kier alpha value is -0.250. The van der Waals surface area contributed by atoms with Gasteiger partial charge in [0.25, 0.3) is 0 Å². The van der Waals surface area contributed by atoms with Crippen LogP contribution in [0.3, 0.4) is 0 Å². The van der Waals surface area contributed by atoms with Crippen LogP contribution in [0.5, 0.6) is 5.75 Å². The number of ether oxygens (including phenoxy) is 1. The van der Waals surface area contributed by atoms with Crippen molar-refractivity contribution in [2.45, 2.75) is 11.0 Å². The fourth-order valence-corrected chi connectivity index (χ4v) is 0.980. The molecule has 1 rings (SSSR count). The molecule has 0 heterocycles. The van der Waals surface area contributed by atoms with E-state index in [-0.39, 0.29) is 4.11 Å². The van der Waals surface area contributed by atoms with Gasteiger partial charge in [0.2, 0.25) is 0 Å². The number of hydrogen-bond donors (Lipinski definition) is 0. The van der Waals surface area contributed by atoms with Crippen LogP contribution >= 0.6 is 22.6 Å². The molecule has 0 aliphatic heterocycles. The highest BCUT2D eigenvalue weighted by Gasteiger charge is 1.94. The monoisotopic (exact) mass is 248 g/mol. The summed E-state index contributed by atoms with van der Waals surface area (Å²) in [5, 5.41) is 0. The molecule has 0 radical (unpaired) electrons. The van der Waals surface area contributed by atoms with E-state index >= 15 is 0 Å². The van der Waals surface area contributed by atoms with Gasteiger partial charge in [0.05, 0.1) is 0 Å². The average molecular weight is 248 g/mol. The second-order valence-corrected chi connectivity index (χ2v) is 3.73. The SMILES string of the molecule is CC(I)Oc1ccccc1. The highest BCUT2D eigenvalue weighted by Crippen LogP contribution is 2.12. The van der Waals surface area contributed by atoms with Gasteiger partial charge in [-0.3, -0.25) is 0 Å². The van der Waals surface area contributed by atoms with Gasteiger partial charge in [-0.1, -0.05) is 18.2 Å². The first-order valence-corrected chi connectivity index (χ1v) is 4.39. The van der Waals surface area contributed by atoms with Crippen LogP contribution in [-0.4, -0.2) is 4.11 Å². The molecule has 1 nitrogen and oxygen atoms in total. The topological polar surface area (TPSA) is 9.23 Å². The molecule has 0 N–H and O–H groups in total. The lowest BCUT2D eigenvalue weighted by atomic mass is 10.3. The maximum Gasteiger partial charge on any atom is 0.146 e. The Labute approximate surface area is 74.5 Å². The minimum absolute atomic E-state index is 0.236. The zero-order valence-corrected chi connectivity index (χ0v) is 7.91. The minimum atomic E-state index is 0.236. The summed E-state index contributed by atoms with van der Waals surface area (Å²) in [4.78, 5) is 0. The molecule has 2 heteroatoms. The molecule has 0 saturated carbocycles. The Morgan fingerprint density at radius 3 is 2.40 bits per heavy atom. The highest BCUT2D eigenvalue weighted by molar-refractivity contribution is 14.1. The van der Waals surface area contributed by atoms with Crippen LogP contribution in [0.2, 0.25) is 0 Å². The van der Waals surface area contributed by atoms with E-state index in [9.17, 15) is 0 Å². The molecule has 1 atom stereocenters. The van der Waals surface area contributed by atoms with E-state index in [1.807, 2.05) is 37.3 Å². The van der Waals surface area contributed by atoms with E-state index in [4.69, 9.17) is 4.74 Å². The van der Waals surface area contributed by atoms with Gasteiger partial charge in [-0.05, 0) is 41.6 Å². The van der Waals surface area contributed by atoms with E-state index < -0.39 is 0 Å². The second kappa shape index (κ2) is 3.81. The van der Waals surface area contributed by atoms with E-state index in [2.05, 4.69) is 22.6 Å². The summed E-state index contributed by atoms with van der Waals surface area (Å²) in [6.45, 7) is 2.01. The van der Waals surface area contributed by atoms with Gasteiger partial charge < -0.3 is 4.74 Å². The fourth-order valence-electron chi connectivity index (χ4n) is 0.687. The van der Waals surface area contributed by atoms with E-state index in [1.54, 1.807) is 0 Å². The fraction of sp³-hybridized carbons (Fsp3) is 0.250. The predicted molar refractivity (Wildman–Crippen MR) is 50.6 cm³/mol. The zero-order chi connectivity index (χ0) is 7.40. The van der Waals surface area contributed by atoms with Gasteiger partial charge in [-0.15, -0.1) is 0 Å². The molecule has 0 fully saturated rings. The van der Waals surface area contributed by atoms with Crippen LogP contribution in [0.1, 0.15) is 6.92 Å². The van der Waals surface area contributed by atoms with Gasteiger partial charge in [-0.25, -0.2) is 0 Å². The van der Waals surface area contributed by atoms with Gasteiger partial charge in [-0.2, -0.15) is 0 Å². The van der Waals surface area contributed by atoms with Crippen molar-refractivity contribution in [2.24, 2.45) is 0 Å². The van der Waals surface area contributed by atoms with Gasteiger partial charge in [0.1, 0.15) is 9.86 Å². The number of benzene rings is 1. The van der Waals surface area contributed by atoms with Crippen molar-refractivity contribution >= 4 is 22.6 Å². The van der Waals surface area contributed by atoms with Crippen molar-refractivity contribution in [3.8, 4) is 5.75 Å². The first-order chi connectivity index (χ1) is 4.79. The molecular weight excluding hydrogens is 239 g/mol. The van der Waals surface area contributed by atoms with E-state index in [0.717, 1.165) is 5.75 Å². The van der Waals surface area contributed by atoms with Crippen LogP contribution in [0.25, 0.3) is 0 Å². The summed E-state index contributed by atoms with van der Waals surface area (Å²) in [5.41, 5.74) is 0. The summed E-state index contributed by atoms with van der Waals surface area (Å²) in [6.07, 6.45) is 0. The minimum Gasteiger partial charge on any atom is -0.480 e. The summed E-state index contributed by atoms with van der Waals surface area (Å²) < 4.78 is 5.64. The Bertz CT molecular complexity index is 184. The molecule has 0 saturated heterocycles. The molecule has 54 valence electrons. The maximum atomic E-state index is 5.40. The third-order valence-electron chi connectivity index (χ3n) is 1.04. The zero-order valence-electron chi connectivity index (χ0n) is 5.75. The highest BCUT2D eigenvalue weighted by atomic mass is 127. The molecule has 1 aromatic carbocycles. The number of halogens is 1. The number of rotatable bonds is 2. The molecule has 0 aliphatic rings. The molecule has 10 heavy (non-hydrogen) atoms. The van der Waals surface area contributed by atoms with Crippen LogP contribution in [0.4, 0.5) is 0 Å². The first kappa shape index (κ1) is 7.85. The Morgan fingerprint density at radius 2 is 1.90 bits per heavy atom. The van der Waals surface area contributed by atoms with Crippen LogP contribution in [-0.2, 0) is 0 Å². The second-order valence-electron chi connectivity index (χ2n) is 1.97. The van der Waals surface area contributed by atoms with E-state index in [0.29, 0.717) is 0 Å². The molecule has 0 spiro atoms. The molecule has 0 amide bonds. The van der Waals surface area contributed by atoms with Crippen molar-refractivity contribution in [3.05, 3.63) is 30.3 Å². The van der Waals surface area contributed by atoms with Crippen LogP contribution in [0, 0.1) is 0 Å². The van der Waals surface area contributed by atoms with Crippen molar-refractivity contribution in [2.75, 3.05) is 0 Å². The van der Waals surface area contributed by atoms with Crippen LogP contribution in [0.15, 0.2) is 30.3 Å². The predicted octanol–water partition coefficient (Wildman–Crippen LogP) is 2.85. The largest absolute Gasteiger partial charge is 0.480 e. The van der Waals surface area contributed by atoms with Gasteiger partial charge in [0.15, 0.2) is 0 Å². The number of hydrogen-bond acceptors (Lipinski definition) is 1. The normalized spacial score (nSPS) is 12.6. The lowest BCUT2D eigenvalue weighted by molar-refractivity contribution is 0.322. The molecule has 0 bridgehead atoms. The molecule has 0 aliphatic carbocycles. The summed E-state index contributed by atoms with van der Waals surface area (Å²) in [5.74, 6) is 0.935. The lowest BCUT2D eigenvalue weighted by Crippen LogP contribution is -2.00. The van der Waals surface area contributed by atoms with Crippen molar-refractivity contribution in [1.29, 1.82) is 0 Å². The molecule has 1 aromatic rings. The maximum absolute atomic E-state index is 5.40. The van der Waals surface area contributed by atoms with E-state index in [1.165, 1.54) is 0 Å². The quantitative estimate of drug-likeness (QED) is 0.577. The van der Waals surface area contributed by atoms with Crippen molar-refractivity contribution < 1.29 is 4.74 Å². The summed E-state index contributed by atoms with van der Waals surface area (Å²) in [6, 6.07) is 9.82. The van der Waals surface area contributed by atoms with Crippen LogP contribution < -0.4 is 4.74 Å². The molecule has 0 aromatic heterocycles. The summed E-state index contributed by atoms with van der Waals surface area (Å²) >= 11 is 2.22. The number of para-hydroxylation sites is 1. The van der Waals surface area contributed by atoms with Crippen molar-refractivity contribution in [3.63, 3.8) is 0 Å². The molecule has 1 unspecified atom stereocenters. The number of alkyl halides is 1. The molecular formula is C8H9IO. The third-order valence-corrected chi connectivity index (χ3v) is 1.30. The third kappa shape index (κ3) is 2.56. The Balaban J connectivity index is 2.59. The Kier molecular flexibility index (Phi) is 2.99. The average Bonchev–Trinajstić information content (AvgIpc) is 1.88. The van der Waals surface area contributed by atoms with Crippen molar-refractivity contribution in [1.82, 2.24) is 0 Å². The standard InChI is InChI=1S/C8H9IO/c1-7(9)10-8-5-3-2-4-6-8/h2-7H,1H3. The lowest BCUT2D eigenvalue weighted by Gasteiger charge is -2.06. The smallest absolute Gasteiger partial charge is 0.146 e. The summed E-state index contributed by atoms with van der Waals surface area (Å²) in [7, 11) is 0. The van der Waals surface area contributed by atoms with Gasteiger partial charge >= 0.3 is 0 Å². The van der Waals surface area contributed by atoms with Gasteiger partial charge in [0, 0.05) is 0 Å².